The van der Waals surface area contributed by atoms with E-state index in [1.54, 1.807) is 12.1 Å². The van der Waals surface area contributed by atoms with E-state index in [0.717, 1.165) is 12.1 Å². The smallest absolute Gasteiger partial charge is 0.333 e. The van der Waals surface area contributed by atoms with Crippen LogP contribution < -0.4 is 9.64 Å². The van der Waals surface area contributed by atoms with Gasteiger partial charge in [-0.2, -0.15) is 16.8 Å². The number of anilines is 1. The molecule has 1 aliphatic carbocycles. The maximum Gasteiger partial charge on any atom is 0.333 e. The van der Waals surface area contributed by atoms with Crippen LogP contribution in [0.1, 0.15) is 75.8 Å². The highest BCUT2D eigenvalue weighted by Crippen LogP contribution is 2.40. The minimum absolute atomic E-state index is 0.0154. The molecule has 1 atom stereocenters. The Bertz CT molecular complexity index is 1890. The Morgan fingerprint density at radius 1 is 1.00 bits per heavy atom. The lowest BCUT2D eigenvalue weighted by Crippen LogP contribution is -2.38. The molecule has 49 heavy (non-hydrogen) atoms. The summed E-state index contributed by atoms with van der Waals surface area (Å²) >= 11 is 0. The minimum Gasteiger partial charge on any atom is -0.481 e. The van der Waals surface area contributed by atoms with Crippen molar-refractivity contribution in [2.24, 2.45) is 9.98 Å². The number of benzene rings is 2. The molecule has 264 valence electrons. The lowest BCUT2D eigenvalue weighted by Gasteiger charge is -2.33. The lowest BCUT2D eigenvalue weighted by molar-refractivity contribution is -0.197. The van der Waals surface area contributed by atoms with Gasteiger partial charge in [-0.25, -0.2) is 9.79 Å². The predicted molar refractivity (Wildman–Crippen MR) is 179 cm³/mol. The second kappa shape index (κ2) is 15.1. The number of unbranched alkanes of at least 4 members (excludes halogenated alkanes) is 2. The van der Waals surface area contributed by atoms with E-state index >= 15 is 0 Å². The molecule has 1 unspecified atom stereocenters. The van der Waals surface area contributed by atoms with Crippen molar-refractivity contribution in [3.05, 3.63) is 47.5 Å². The first-order valence-electron chi connectivity index (χ1n) is 16.0. The van der Waals surface area contributed by atoms with Crippen LogP contribution >= 0.6 is 0 Å². The summed E-state index contributed by atoms with van der Waals surface area (Å²) in [5, 5.41) is 0.523. The Labute approximate surface area is 284 Å². The number of hydroxylamine groups is 2. The Hall–Kier alpha value is -4.19. The third kappa shape index (κ3) is 9.09. The van der Waals surface area contributed by atoms with Crippen LogP contribution in [0.2, 0.25) is 0 Å². The summed E-state index contributed by atoms with van der Waals surface area (Å²) in [5.41, 5.74) is 3.64. The van der Waals surface area contributed by atoms with Crippen LogP contribution in [0, 0.1) is 0 Å². The second-order valence-electron chi connectivity index (χ2n) is 12.0. The fraction of sp³-hybridized carbons (Fsp3) is 0.469. The number of nitrogens with zero attached hydrogens (tertiary/aromatic N) is 4. The van der Waals surface area contributed by atoms with Crippen molar-refractivity contribution in [2.75, 3.05) is 30.3 Å². The standard InChI is InChI=1S/C32H38N4O11S2/c1-2-15-35(16-6-17-48(40,41)42)21-8-11-25-27(18-21)46-28-20-26(24-19-22(49(43,44)45)9-10-23(24)32(28)34-25)33-14-5-3-4-7-31(39)47-36-29(37)12-13-30(36)38/h8-11,18-19,28H,2-7,12-17,20H2,1H3,(H,40,41,42)(H,43,44,45). The molecule has 2 aliphatic heterocycles. The minimum atomic E-state index is -4.49. The van der Waals surface area contributed by atoms with Crippen LogP contribution in [0.5, 0.6) is 5.75 Å². The van der Waals surface area contributed by atoms with Gasteiger partial charge in [-0.15, -0.1) is 5.06 Å². The molecule has 1 fully saturated rings. The number of imide groups is 1. The molecule has 2 N–H and O–H groups in total. The third-order valence-electron chi connectivity index (χ3n) is 8.24. The van der Waals surface area contributed by atoms with Gasteiger partial charge < -0.3 is 14.5 Å². The van der Waals surface area contributed by atoms with Gasteiger partial charge in [0.25, 0.3) is 32.1 Å². The van der Waals surface area contributed by atoms with Crippen molar-refractivity contribution >= 4 is 60.8 Å². The van der Waals surface area contributed by atoms with Gasteiger partial charge in [0.1, 0.15) is 17.5 Å². The van der Waals surface area contributed by atoms with Gasteiger partial charge >= 0.3 is 5.97 Å². The number of carbonyl (C=O) groups excluding carboxylic acids is 3. The zero-order valence-corrected chi connectivity index (χ0v) is 28.5. The predicted octanol–water partition coefficient (Wildman–Crippen LogP) is 3.67. The summed E-state index contributed by atoms with van der Waals surface area (Å²) in [4.78, 5) is 51.6. The summed E-state index contributed by atoms with van der Waals surface area (Å²) in [5.74, 6) is -1.57. The number of carbonyl (C=O) groups is 3. The third-order valence-corrected chi connectivity index (χ3v) is 9.90. The van der Waals surface area contributed by atoms with Crippen molar-refractivity contribution in [1.82, 2.24) is 5.06 Å². The molecule has 2 heterocycles. The Balaban J connectivity index is 1.30. The number of aliphatic imine (C=N–C) groups is 2. The molecule has 0 spiro atoms. The molecule has 3 aliphatic rings. The van der Waals surface area contributed by atoms with E-state index in [-0.39, 0.29) is 42.8 Å². The van der Waals surface area contributed by atoms with Crippen LogP contribution in [0.25, 0.3) is 0 Å². The number of hydrogen-bond donors (Lipinski definition) is 2. The summed E-state index contributed by atoms with van der Waals surface area (Å²) in [7, 11) is -8.57. The van der Waals surface area contributed by atoms with Crippen molar-refractivity contribution in [3.63, 3.8) is 0 Å². The van der Waals surface area contributed by atoms with Crippen LogP contribution in [-0.4, -0.2) is 91.7 Å². The maximum atomic E-state index is 12.1. The molecule has 2 aromatic carbocycles. The highest BCUT2D eigenvalue weighted by Gasteiger charge is 2.36. The van der Waals surface area contributed by atoms with Crippen molar-refractivity contribution in [2.45, 2.75) is 75.7 Å². The fourth-order valence-corrected chi connectivity index (χ4v) is 6.91. The van der Waals surface area contributed by atoms with Gasteiger partial charge in [0, 0.05) is 73.9 Å². The summed E-state index contributed by atoms with van der Waals surface area (Å²) in [6, 6.07) is 9.74. The zero-order chi connectivity index (χ0) is 35.3. The Kier molecular flexibility index (Phi) is 11.2. The second-order valence-corrected chi connectivity index (χ2v) is 14.9. The first kappa shape index (κ1) is 36.1. The highest BCUT2D eigenvalue weighted by molar-refractivity contribution is 7.86. The topological polar surface area (TPSA) is 210 Å². The van der Waals surface area contributed by atoms with Gasteiger partial charge in [0.05, 0.1) is 16.4 Å². The normalized spacial score (nSPS) is 18.0. The average molecular weight is 719 g/mol. The van der Waals surface area contributed by atoms with Crippen LogP contribution in [0.15, 0.2) is 51.3 Å². The Morgan fingerprint density at radius 3 is 2.45 bits per heavy atom. The highest BCUT2D eigenvalue weighted by atomic mass is 32.2. The summed E-state index contributed by atoms with van der Waals surface area (Å²) < 4.78 is 71.8. The van der Waals surface area contributed by atoms with Crippen LogP contribution in [0.4, 0.5) is 11.4 Å². The molecule has 0 aromatic heterocycles. The number of hydrogen-bond acceptors (Lipinski definition) is 12. The van der Waals surface area contributed by atoms with Crippen molar-refractivity contribution < 1.29 is 49.9 Å². The first-order chi connectivity index (χ1) is 23.2. The molecule has 5 rings (SSSR count). The molecule has 1 saturated heterocycles. The largest absolute Gasteiger partial charge is 0.481 e. The van der Waals surface area contributed by atoms with Gasteiger partial charge in [-0.05, 0) is 49.9 Å². The van der Waals surface area contributed by atoms with E-state index in [0.29, 0.717) is 77.9 Å². The van der Waals surface area contributed by atoms with Gasteiger partial charge in [-0.3, -0.25) is 23.7 Å². The summed E-state index contributed by atoms with van der Waals surface area (Å²) in [6.45, 7) is 3.41. The van der Waals surface area contributed by atoms with E-state index in [2.05, 4.69) is 0 Å². The summed E-state index contributed by atoms with van der Waals surface area (Å²) in [6.07, 6.45) is 2.44. The molecule has 2 amide bonds. The molecule has 15 nitrogen and oxygen atoms in total. The van der Waals surface area contributed by atoms with Crippen molar-refractivity contribution in [1.29, 1.82) is 0 Å². The van der Waals surface area contributed by atoms with E-state index in [1.165, 1.54) is 12.1 Å². The van der Waals surface area contributed by atoms with Crippen molar-refractivity contribution in [3.8, 4) is 5.75 Å². The quantitative estimate of drug-likeness (QED) is 0.154. The SMILES string of the molecule is CCCN(CCCS(=O)(=O)O)c1ccc2c(c1)OC1CC(=NCCCCCC(=O)ON3C(=O)CCC3=O)c3cc(S(=O)(=O)O)ccc3C1=N2. The fourth-order valence-electron chi connectivity index (χ4n) is 5.91. The van der Waals surface area contributed by atoms with Crippen LogP contribution in [0.3, 0.4) is 0 Å². The zero-order valence-electron chi connectivity index (χ0n) is 26.9. The number of fused-ring (bicyclic) bond motifs is 4. The lowest BCUT2D eigenvalue weighted by atomic mass is 9.85. The van der Waals surface area contributed by atoms with Gasteiger partial charge in [-0.1, -0.05) is 19.4 Å². The Morgan fingerprint density at radius 2 is 1.76 bits per heavy atom. The molecule has 0 saturated carbocycles. The maximum absolute atomic E-state index is 12.1. The van der Waals surface area contributed by atoms with Crippen LogP contribution in [-0.2, 0) is 39.5 Å². The molecule has 0 bridgehead atoms. The molecular weight excluding hydrogens is 681 g/mol. The molecular formula is C32H38N4O11S2. The first-order valence-corrected chi connectivity index (χ1v) is 19.1. The number of rotatable bonds is 15. The van der Waals surface area contributed by atoms with Gasteiger partial charge in [0.15, 0.2) is 0 Å². The van der Waals surface area contributed by atoms with E-state index in [9.17, 15) is 35.8 Å². The molecule has 2 aromatic rings. The molecule has 0 radical (unpaired) electrons. The number of ether oxygens (including phenoxy) is 1. The van der Waals surface area contributed by atoms with E-state index < -0.39 is 44.1 Å². The van der Waals surface area contributed by atoms with Gasteiger partial charge in [0.2, 0.25) is 0 Å². The monoisotopic (exact) mass is 718 g/mol. The van der Waals surface area contributed by atoms with E-state index in [1.807, 2.05) is 24.0 Å². The van der Waals surface area contributed by atoms with E-state index in [4.69, 9.17) is 24.1 Å². The number of amides is 2. The average Bonchev–Trinajstić information content (AvgIpc) is 3.35. The molecule has 17 heteroatoms.